The van der Waals surface area contributed by atoms with Gasteiger partial charge in [0.15, 0.2) is 6.10 Å². The normalized spacial score (nSPS) is 11.7. The second-order valence-corrected chi connectivity index (χ2v) is 7.07. The smallest absolute Gasteiger partial charge is 0.342 e. The van der Waals surface area contributed by atoms with Crippen molar-refractivity contribution >= 4 is 29.2 Å². The number of carbonyl (C=O) groups excluding carboxylic acids is 2. The predicted octanol–water partition coefficient (Wildman–Crippen LogP) is 3.03. The number of benzene rings is 2. The van der Waals surface area contributed by atoms with Crippen LogP contribution in [0.3, 0.4) is 0 Å². The van der Waals surface area contributed by atoms with Crippen molar-refractivity contribution in [1.29, 1.82) is 0 Å². The lowest BCUT2D eigenvalue weighted by atomic mass is 10.2. The zero-order chi connectivity index (χ0) is 22.0. The zero-order valence-corrected chi connectivity index (χ0v) is 17.3. The molecule has 1 atom stereocenters. The minimum Gasteiger partial charge on any atom is -0.507 e. The highest BCUT2D eigenvalue weighted by atomic mass is 35.5. The molecule has 0 aliphatic rings. The average molecular weight is 430 g/mol. The van der Waals surface area contributed by atoms with E-state index < -0.39 is 23.5 Å². The van der Waals surface area contributed by atoms with Gasteiger partial charge in [0.05, 0.1) is 11.4 Å². The van der Waals surface area contributed by atoms with Crippen LogP contribution in [0.4, 0.5) is 5.69 Å². The number of hydrogen-bond donors (Lipinski definition) is 2. The molecule has 2 aromatic carbocycles. The van der Waals surface area contributed by atoms with Crippen molar-refractivity contribution < 1.29 is 19.4 Å². The SMILES string of the molecule is Cc1c(NC(=O)[C@@H](C)OC(=O)c2cc(Cl)ccc2O)c(=O)n(-c2ccccc2)n1C. The first-order chi connectivity index (χ1) is 14.2. The molecule has 0 aliphatic heterocycles. The lowest BCUT2D eigenvalue weighted by Crippen LogP contribution is -2.32. The molecule has 0 radical (unpaired) electrons. The number of ether oxygens (including phenoxy) is 1. The Morgan fingerprint density at radius 2 is 1.83 bits per heavy atom. The number of esters is 1. The van der Waals surface area contributed by atoms with Crippen molar-refractivity contribution in [2.24, 2.45) is 7.05 Å². The Hall–Kier alpha value is -3.52. The third-order valence-electron chi connectivity index (χ3n) is 4.63. The van der Waals surface area contributed by atoms with Gasteiger partial charge >= 0.3 is 5.97 Å². The van der Waals surface area contributed by atoms with E-state index in [0.717, 1.165) is 0 Å². The van der Waals surface area contributed by atoms with E-state index in [1.54, 1.807) is 42.9 Å². The number of aromatic hydroxyl groups is 1. The van der Waals surface area contributed by atoms with Crippen LogP contribution in [-0.4, -0.2) is 32.5 Å². The Morgan fingerprint density at radius 3 is 2.50 bits per heavy atom. The number of phenolic OH excluding ortho intramolecular Hbond substituents is 1. The molecule has 0 saturated heterocycles. The maximum atomic E-state index is 12.9. The number of nitrogens with zero attached hydrogens (tertiary/aromatic N) is 2. The first kappa shape index (κ1) is 21.2. The summed E-state index contributed by atoms with van der Waals surface area (Å²) in [5.41, 5.74) is 0.678. The van der Waals surface area contributed by atoms with E-state index in [4.69, 9.17) is 16.3 Å². The molecule has 30 heavy (non-hydrogen) atoms. The predicted molar refractivity (Wildman–Crippen MR) is 112 cm³/mol. The van der Waals surface area contributed by atoms with Gasteiger partial charge in [0.2, 0.25) is 0 Å². The fraction of sp³-hybridized carbons (Fsp3) is 0.190. The number of halogens is 1. The van der Waals surface area contributed by atoms with Crippen LogP contribution in [0.15, 0.2) is 53.3 Å². The maximum Gasteiger partial charge on any atom is 0.342 e. The molecule has 8 nitrogen and oxygen atoms in total. The summed E-state index contributed by atoms with van der Waals surface area (Å²) in [5.74, 6) is -1.92. The summed E-state index contributed by atoms with van der Waals surface area (Å²) in [6.07, 6.45) is -1.22. The number of amides is 1. The van der Waals surface area contributed by atoms with Crippen LogP contribution in [-0.2, 0) is 16.6 Å². The van der Waals surface area contributed by atoms with Gasteiger partial charge in [-0.15, -0.1) is 0 Å². The summed E-state index contributed by atoms with van der Waals surface area (Å²) in [6.45, 7) is 3.06. The third-order valence-corrected chi connectivity index (χ3v) is 4.87. The summed E-state index contributed by atoms with van der Waals surface area (Å²) in [5, 5.41) is 12.6. The molecule has 1 aromatic heterocycles. The molecule has 0 fully saturated rings. The second kappa shape index (κ2) is 8.46. The molecule has 1 amide bonds. The van der Waals surface area contributed by atoms with Crippen LogP contribution in [0, 0.1) is 6.92 Å². The number of anilines is 1. The van der Waals surface area contributed by atoms with Gasteiger partial charge in [-0.2, -0.15) is 0 Å². The number of para-hydroxylation sites is 1. The highest BCUT2D eigenvalue weighted by molar-refractivity contribution is 6.31. The summed E-state index contributed by atoms with van der Waals surface area (Å²) in [6, 6.07) is 12.9. The van der Waals surface area contributed by atoms with E-state index in [1.807, 2.05) is 6.07 Å². The highest BCUT2D eigenvalue weighted by Gasteiger charge is 2.24. The number of carbonyl (C=O) groups is 2. The summed E-state index contributed by atoms with van der Waals surface area (Å²) in [4.78, 5) is 37.7. The first-order valence-electron chi connectivity index (χ1n) is 9.05. The quantitative estimate of drug-likeness (QED) is 0.607. The lowest BCUT2D eigenvalue weighted by Gasteiger charge is -2.13. The number of rotatable bonds is 5. The molecule has 2 N–H and O–H groups in total. The molecule has 9 heteroatoms. The molecule has 0 aliphatic carbocycles. The van der Waals surface area contributed by atoms with Crippen LogP contribution < -0.4 is 10.9 Å². The molecule has 3 rings (SSSR count). The fourth-order valence-corrected chi connectivity index (χ4v) is 3.06. The molecule has 0 unspecified atom stereocenters. The van der Waals surface area contributed by atoms with Crippen LogP contribution in [0.5, 0.6) is 5.75 Å². The maximum absolute atomic E-state index is 12.9. The van der Waals surface area contributed by atoms with Crippen LogP contribution >= 0.6 is 11.6 Å². The van der Waals surface area contributed by atoms with Crippen molar-refractivity contribution in [1.82, 2.24) is 9.36 Å². The van der Waals surface area contributed by atoms with Crippen LogP contribution in [0.1, 0.15) is 23.0 Å². The number of phenols is 1. The van der Waals surface area contributed by atoms with Crippen LogP contribution in [0.25, 0.3) is 5.69 Å². The summed E-state index contributed by atoms with van der Waals surface area (Å²) < 4.78 is 8.16. The number of nitrogens with one attached hydrogen (secondary N) is 1. The van der Waals surface area contributed by atoms with E-state index in [9.17, 15) is 19.5 Å². The Balaban J connectivity index is 1.80. The molecular weight excluding hydrogens is 410 g/mol. The van der Waals surface area contributed by atoms with Crippen molar-refractivity contribution in [3.8, 4) is 11.4 Å². The van der Waals surface area contributed by atoms with E-state index >= 15 is 0 Å². The van der Waals surface area contributed by atoms with E-state index in [-0.39, 0.29) is 22.0 Å². The Labute approximate surface area is 177 Å². The Bertz CT molecular complexity index is 1170. The van der Waals surface area contributed by atoms with Gasteiger partial charge in [-0.25, -0.2) is 9.48 Å². The van der Waals surface area contributed by atoms with E-state index in [1.165, 1.54) is 29.8 Å². The van der Waals surface area contributed by atoms with E-state index in [0.29, 0.717) is 11.4 Å². The fourth-order valence-electron chi connectivity index (χ4n) is 2.89. The van der Waals surface area contributed by atoms with Gasteiger partial charge < -0.3 is 15.2 Å². The minimum atomic E-state index is -1.22. The molecule has 3 aromatic rings. The van der Waals surface area contributed by atoms with Gasteiger partial charge in [0, 0.05) is 12.1 Å². The van der Waals surface area contributed by atoms with Gasteiger partial charge in [-0.1, -0.05) is 29.8 Å². The Kier molecular flexibility index (Phi) is 5.98. The van der Waals surface area contributed by atoms with Crippen molar-refractivity contribution in [3.05, 3.63) is 75.2 Å². The summed E-state index contributed by atoms with van der Waals surface area (Å²) in [7, 11) is 1.70. The van der Waals surface area contributed by atoms with Gasteiger partial charge in [-0.05, 0) is 44.2 Å². The average Bonchev–Trinajstić information content (AvgIpc) is 2.93. The second-order valence-electron chi connectivity index (χ2n) is 6.63. The van der Waals surface area contributed by atoms with Gasteiger partial charge in [0.1, 0.15) is 17.0 Å². The first-order valence-corrected chi connectivity index (χ1v) is 9.43. The number of hydrogen-bond acceptors (Lipinski definition) is 5. The van der Waals surface area contributed by atoms with Crippen molar-refractivity contribution in [2.45, 2.75) is 20.0 Å². The van der Waals surface area contributed by atoms with Gasteiger partial charge in [0.25, 0.3) is 11.5 Å². The summed E-state index contributed by atoms with van der Waals surface area (Å²) >= 11 is 5.83. The van der Waals surface area contributed by atoms with Crippen molar-refractivity contribution in [2.75, 3.05) is 5.32 Å². The van der Waals surface area contributed by atoms with Gasteiger partial charge in [-0.3, -0.25) is 14.3 Å². The minimum absolute atomic E-state index is 0.0832. The highest BCUT2D eigenvalue weighted by Crippen LogP contribution is 2.23. The zero-order valence-electron chi connectivity index (χ0n) is 16.5. The number of aromatic nitrogens is 2. The molecule has 1 heterocycles. The molecule has 0 spiro atoms. The molecule has 0 saturated carbocycles. The molecule has 156 valence electrons. The standard InChI is InChI=1S/C21H20ClN3O5/c1-12-18(20(28)25(24(12)3)15-7-5-4-6-8-15)23-19(27)13(2)30-21(29)16-11-14(22)9-10-17(16)26/h4-11,13,26H,1-3H3,(H,23,27)/t13-/m1/s1. The topological polar surface area (TPSA) is 103 Å². The van der Waals surface area contributed by atoms with Crippen molar-refractivity contribution in [3.63, 3.8) is 0 Å². The molecule has 0 bridgehead atoms. The lowest BCUT2D eigenvalue weighted by molar-refractivity contribution is -0.123. The largest absolute Gasteiger partial charge is 0.507 e. The van der Waals surface area contributed by atoms with Crippen LogP contribution in [0.2, 0.25) is 5.02 Å². The monoisotopic (exact) mass is 429 g/mol. The molecular formula is C21H20ClN3O5. The Morgan fingerprint density at radius 1 is 1.17 bits per heavy atom. The third kappa shape index (κ3) is 4.08. The van der Waals surface area contributed by atoms with E-state index in [2.05, 4.69) is 5.32 Å².